The molecule has 4 aromatic rings. The molecule has 232 valence electrons. The summed E-state index contributed by atoms with van der Waals surface area (Å²) >= 11 is 0. The minimum Gasteiger partial charge on any atom is -0.393 e. The highest BCUT2D eigenvalue weighted by Crippen LogP contribution is 2.50. The molecule has 0 aromatic carbocycles. The molecule has 0 amide bonds. The second-order valence-electron chi connectivity index (χ2n) is 10.1. The fourth-order valence-corrected chi connectivity index (χ4v) is 6.25. The highest BCUT2D eigenvalue weighted by molar-refractivity contribution is 7.46. The minimum absolute atomic E-state index is 0.0142. The zero-order valence-electron chi connectivity index (χ0n) is 22.2. The lowest BCUT2D eigenvalue weighted by atomic mass is 9.89. The van der Waals surface area contributed by atoms with E-state index in [1.54, 1.807) is 0 Å². The predicted molar refractivity (Wildman–Crippen MR) is 142 cm³/mol. The summed E-state index contributed by atoms with van der Waals surface area (Å²) in [5.41, 5.74) is 8.23. The number of aromatic nitrogens is 8. The fourth-order valence-electron chi connectivity index (χ4n) is 5.64. The Bertz CT molecular complexity index is 1850. The Morgan fingerprint density at radius 2 is 1.67 bits per heavy atom. The average molecular weight is 626 g/mol. The van der Waals surface area contributed by atoms with Gasteiger partial charge in [-0.25, -0.2) is 14.5 Å². The van der Waals surface area contributed by atoms with Crippen molar-refractivity contribution >= 4 is 42.0 Å². The molecule has 6 rings (SSSR count). The van der Waals surface area contributed by atoms with Gasteiger partial charge in [-0.05, 0) is 0 Å². The van der Waals surface area contributed by atoms with Crippen LogP contribution in [0.4, 0.5) is 11.9 Å². The topological polar surface area (TPSA) is 314 Å². The molecule has 6 heterocycles. The van der Waals surface area contributed by atoms with Gasteiger partial charge in [-0.15, -0.1) is 0 Å². The molecule has 21 nitrogen and oxygen atoms in total. The molecule has 0 bridgehead atoms. The normalized spacial score (nSPS) is 29.7. The number of anilines is 2. The quantitative estimate of drug-likeness (QED) is 0.0916. The van der Waals surface area contributed by atoms with Gasteiger partial charge in [0.15, 0.2) is 28.6 Å². The zero-order valence-corrected chi connectivity index (χ0v) is 23.1. The molecule has 0 radical (unpaired) electrons. The van der Waals surface area contributed by atoms with Crippen LogP contribution in [0.25, 0.3) is 22.3 Å². The molecule has 4 aromatic heterocycles. The van der Waals surface area contributed by atoms with Gasteiger partial charge in [0.1, 0.15) is 30.1 Å². The number of nitrogens with zero attached hydrogens (tertiary/aromatic N) is 6. The first-order chi connectivity index (χ1) is 20.3. The van der Waals surface area contributed by atoms with Crippen LogP contribution in [0.2, 0.25) is 0 Å². The van der Waals surface area contributed by atoms with Crippen molar-refractivity contribution in [3.05, 3.63) is 33.4 Å². The Kier molecular flexibility index (Phi) is 7.11. The third kappa shape index (κ3) is 4.99. The maximum absolute atomic E-state index is 12.3. The smallest absolute Gasteiger partial charge is 0.393 e. The van der Waals surface area contributed by atoms with E-state index in [0.717, 1.165) is 0 Å². The van der Waals surface area contributed by atoms with Crippen LogP contribution in [0.3, 0.4) is 0 Å². The molecule has 0 unspecified atom stereocenters. The van der Waals surface area contributed by atoms with Crippen molar-refractivity contribution < 1.29 is 43.3 Å². The van der Waals surface area contributed by atoms with Crippen molar-refractivity contribution in [1.29, 1.82) is 0 Å². The molecule has 7 atom stereocenters. The summed E-state index contributed by atoms with van der Waals surface area (Å²) in [5, 5.41) is 21.8. The van der Waals surface area contributed by atoms with E-state index in [4.69, 9.17) is 30.2 Å². The third-order valence-electron chi connectivity index (χ3n) is 7.52. The number of phosphoric acid groups is 1. The van der Waals surface area contributed by atoms with E-state index < -0.39 is 68.0 Å². The van der Waals surface area contributed by atoms with Gasteiger partial charge in [0.25, 0.3) is 11.1 Å². The second-order valence-corrected chi connectivity index (χ2v) is 11.3. The van der Waals surface area contributed by atoms with Crippen molar-refractivity contribution in [1.82, 2.24) is 39.0 Å². The summed E-state index contributed by atoms with van der Waals surface area (Å²) < 4.78 is 37.5. The standard InChI is InChI=1S/C21H27N10O11P/c1-39-13-12(33)7(40-18(13)31-6-25-11-15(31)27-20(23)29-17(11)35)3-21(4-32)8(42-43(36,37)38)2-9(41-21)30-5-24-10-14(30)26-19(22)28-16(10)34/h5-9,12-13,18,32-33H,2-4H2,1H3,(H2,36,37,38)(H3,22,26,28,34)(H3,23,27,29,35)/t7-,8+,9-,12-,13-,18-,21-/m1/s1. The van der Waals surface area contributed by atoms with Gasteiger partial charge in [-0.2, -0.15) is 9.97 Å². The largest absolute Gasteiger partial charge is 0.469 e. The van der Waals surface area contributed by atoms with E-state index in [0.29, 0.717) is 0 Å². The number of imidazole rings is 2. The maximum atomic E-state index is 12.3. The van der Waals surface area contributed by atoms with Gasteiger partial charge in [0, 0.05) is 20.0 Å². The van der Waals surface area contributed by atoms with Crippen LogP contribution in [0.5, 0.6) is 0 Å². The Morgan fingerprint density at radius 1 is 1.09 bits per heavy atom. The summed E-state index contributed by atoms with van der Waals surface area (Å²) in [6.45, 7) is -0.840. The van der Waals surface area contributed by atoms with E-state index >= 15 is 0 Å². The number of hydrogen-bond acceptors (Lipinski definition) is 15. The van der Waals surface area contributed by atoms with Crippen LogP contribution in [-0.2, 0) is 23.3 Å². The lowest BCUT2D eigenvalue weighted by Gasteiger charge is -2.35. The molecule has 2 aliphatic rings. The lowest BCUT2D eigenvalue weighted by molar-refractivity contribution is -0.156. The summed E-state index contributed by atoms with van der Waals surface area (Å²) in [7, 11) is -3.83. The van der Waals surface area contributed by atoms with Crippen molar-refractivity contribution in [2.45, 2.75) is 55.3 Å². The Morgan fingerprint density at radius 3 is 2.23 bits per heavy atom. The number of ether oxygens (including phenoxy) is 3. The van der Waals surface area contributed by atoms with Gasteiger partial charge in [0.2, 0.25) is 11.9 Å². The number of H-pyrrole nitrogens is 2. The zero-order chi connectivity index (χ0) is 30.8. The molecular formula is C21H27N10O11P. The number of rotatable bonds is 8. The fraction of sp³-hybridized carbons (Fsp3) is 0.524. The van der Waals surface area contributed by atoms with E-state index in [-0.39, 0.29) is 47.1 Å². The van der Waals surface area contributed by atoms with Crippen molar-refractivity contribution in [2.24, 2.45) is 0 Å². The molecule has 0 spiro atoms. The van der Waals surface area contributed by atoms with E-state index in [2.05, 4.69) is 29.9 Å². The van der Waals surface area contributed by atoms with Gasteiger partial charge >= 0.3 is 7.82 Å². The van der Waals surface area contributed by atoms with Crippen LogP contribution in [0.15, 0.2) is 22.2 Å². The first-order valence-corrected chi connectivity index (χ1v) is 14.2. The SMILES string of the molecule is CO[C@@H]1[C@H](O)[C@@H](C[C@]2(CO)O[C@@H](n3cnc4c(=O)[nH]c(N)nc43)C[C@@H]2OP(=O)(O)O)O[C@H]1n1cnc2c(=O)[nH]c(N)nc21. The monoisotopic (exact) mass is 626 g/mol. The van der Waals surface area contributed by atoms with Crippen LogP contribution in [0, 0.1) is 0 Å². The molecule has 22 heteroatoms. The average Bonchev–Trinajstić information content (AvgIpc) is 3.68. The number of hydrogen-bond donors (Lipinski definition) is 8. The molecule has 2 saturated heterocycles. The Balaban J connectivity index is 1.35. The van der Waals surface area contributed by atoms with E-state index in [1.807, 2.05) is 0 Å². The highest BCUT2D eigenvalue weighted by Gasteiger charge is 2.57. The van der Waals surface area contributed by atoms with Crippen LogP contribution in [-0.4, -0.2) is 103 Å². The van der Waals surface area contributed by atoms with Gasteiger partial charge < -0.3 is 45.7 Å². The number of nitrogen functional groups attached to an aromatic ring is 2. The summed E-state index contributed by atoms with van der Waals surface area (Å²) in [5.74, 6) is -0.395. The molecule has 43 heavy (non-hydrogen) atoms. The number of phosphoric ester groups is 1. The Hall–Kier alpha value is -3.79. The predicted octanol–water partition coefficient (Wildman–Crippen LogP) is -2.79. The molecule has 2 aliphatic heterocycles. The van der Waals surface area contributed by atoms with Crippen LogP contribution in [0.1, 0.15) is 25.3 Å². The number of aliphatic hydroxyl groups is 2. The van der Waals surface area contributed by atoms with Gasteiger partial charge in [0.05, 0.1) is 25.4 Å². The second kappa shape index (κ2) is 10.4. The number of nitrogens with one attached hydrogen (secondary N) is 2. The molecule has 0 aliphatic carbocycles. The van der Waals surface area contributed by atoms with Crippen LogP contribution < -0.4 is 22.6 Å². The molecular weight excluding hydrogens is 599 g/mol. The Labute approximate surface area is 238 Å². The molecule has 10 N–H and O–H groups in total. The summed E-state index contributed by atoms with van der Waals surface area (Å²) in [4.78, 5) is 64.8. The van der Waals surface area contributed by atoms with Crippen LogP contribution >= 0.6 is 7.82 Å². The number of aliphatic hydroxyl groups excluding tert-OH is 2. The summed E-state index contributed by atoms with van der Waals surface area (Å²) in [6.07, 6.45) is -5.43. The third-order valence-corrected chi connectivity index (χ3v) is 8.05. The maximum Gasteiger partial charge on any atom is 0.469 e. The minimum atomic E-state index is -5.14. The lowest BCUT2D eigenvalue weighted by Crippen LogP contribution is -2.49. The van der Waals surface area contributed by atoms with E-state index in [1.165, 1.54) is 28.9 Å². The molecule has 0 saturated carbocycles. The molecule has 2 fully saturated rings. The first-order valence-electron chi connectivity index (χ1n) is 12.7. The number of nitrogens with two attached hydrogens (primary N) is 2. The van der Waals surface area contributed by atoms with E-state index in [9.17, 15) is 34.2 Å². The van der Waals surface area contributed by atoms with Gasteiger partial charge in [-0.3, -0.25) is 33.2 Å². The number of fused-ring (bicyclic) bond motifs is 2. The number of methoxy groups -OCH3 is 1. The highest BCUT2D eigenvalue weighted by atomic mass is 31.2. The van der Waals surface area contributed by atoms with Crippen molar-refractivity contribution in [2.75, 3.05) is 25.2 Å². The van der Waals surface area contributed by atoms with Crippen molar-refractivity contribution in [3.63, 3.8) is 0 Å². The van der Waals surface area contributed by atoms with Gasteiger partial charge in [-0.1, -0.05) is 0 Å². The summed E-state index contributed by atoms with van der Waals surface area (Å²) in [6, 6.07) is 0. The van der Waals surface area contributed by atoms with Crippen molar-refractivity contribution in [3.8, 4) is 0 Å². The number of aromatic amines is 2. The first kappa shape index (κ1) is 29.3.